The van der Waals surface area contributed by atoms with Crippen LogP contribution in [0.2, 0.25) is 0 Å². The van der Waals surface area contributed by atoms with Crippen LogP contribution in [0.3, 0.4) is 0 Å². The van der Waals surface area contributed by atoms with Crippen LogP contribution >= 0.6 is 11.3 Å². The summed E-state index contributed by atoms with van der Waals surface area (Å²) in [6, 6.07) is 9.50. The van der Waals surface area contributed by atoms with Gasteiger partial charge in [0.25, 0.3) is 5.91 Å². The van der Waals surface area contributed by atoms with Crippen LogP contribution in [0.25, 0.3) is 10.9 Å². The number of benzene rings is 1. The Kier molecular flexibility index (Phi) is 5.49. The molecular formula is C19H21N3O4S2. The molecule has 0 atom stereocenters. The van der Waals surface area contributed by atoms with Gasteiger partial charge in [0.1, 0.15) is 9.77 Å². The van der Waals surface area contributed by atoms with E-state index in [9.17, 15) is 13.2 Å². The van der Waals surface area contributed by atoms with Crippen LogP contribution in [-0.4, -0.2) is 56.5 Å². The lowest BCUT2D eigenvalue weighted by atomic mass is 10.1. The molecule has 148 valence electrons. The van der Waals surface area contributed by atoms with Crippen molar-refractivity contribution in [3.8, 4) is 0 Å². The number of hydrogen-bond donors (Lipinski definition) is 2. The number of sulfonamides is 1. The molecule has 1 aliphatic heterocycles. The van der Waals surface area contributed by atoms with Gasteiger partial charge in [0.05, 0.1) is 13.2 Å². The van der Waals surface area contributed by atoms with Gasteiger partial charge >= 0.3 is 0 Å². The summed E-state index contributed by atoms with van der Waals surface area (Å²) in [5, 5.41) is 5.62. The number of fused-ring (bicyclic) bond motifs is 1. The third kappa shape index (κ3) is 3.70. The third-order valence-electron chi connectivity index (χ3n) is 4.78. The maximum atomic E-state index is 12.9. The Labute approximate surface area is 167 Å². The molecule has 3 aromatic rings. The van der Waals surface area contributed by atoms with Crippen molar-refractivity contribution in [2.24, 2.45) is 0 Å². The van der Waals surface area contributed by atoms with Crippen molar-refractivity contribution in [1.29, 1.82) is 0 Å². The molecule has 0 unspecified atom stereocenters. The maximum Gasteiger partial charge on any atom is 0.262 e. The lowest BCUT2D eigenvalue weighted by Crippen LogP contribution is -2.41. The fraction of sp³-hybridized carbons (Fsp3) is 0.316. The van der Waals surface area contributed by atoms with Gasteiger partial charge in [-0.1, -0.05) is 18.2 Å². The topological polar surface area (TPSA) is 91.5 Å². The van der Waals surface area contributed by atoms with E-state index in [1.807, 2.05) is 30.5 Å². The highest BCUT2D eigenvalue weighted by Crippen LogP contribution is 2.26. The number of para-hydroxylation sites is 1. The number of rotatable bonds is 6. The second kappa shape index (κ2) is 8.04. The highest BCUT2D eigenvalue weighted by Gasteiger charge is 2.31. The zero-order valence-corrected chi connectivity index (χ0v) is 16.8. The van der Waals surface area contributed by atoms with Crippen molar-refractivity contribution < 1.29 is 17.9 Å². The molecule has 28 heavy (non-hydrogen) atoms. The summed E-state index contributed by atoms with van der Waals surface area (Å²) in [6.45, 7) is 1.78. The third-order valence-corrected chi connectivity index (χ3v) is 7.76. The monoisotopic (exact) mass is 419 g/mol. The van der Waals surface area contributed by atoms with E-state index in [2.05, 4.69) is 10.3 Å². The van der Waals surface area contributed by atoms with Crippen molar-refractivity contribution in [3.63, 3.8) is 0 Å². The van der Waals surface area contributed by atoms with Crippen LogP contribution in [0.5, 0.6) is 0 Å². The number of aromatic nitrogens is 1. The number of nitrogens with zero attached hydrogens (tertiary/aromatic N) is 1. The molecular weight excluding hydrogens is 398 g/mol. The average Bonchev–Trinajstić information content (AvgIpc) is 3.37. The van der Waals surface area contributed by atoms with Gasteiger partial charge in [-0.2, -0.15) is 4.31 Å². The Morgan fingerprint density at radius 2 is 2.00 bits per heavy atom. The minimum absolute atomic E-state index is 0.0731. The van der Waals surface area contributed by atoms with E-state index in [0.717, 1.165) is 27.8 Å². The van der Waals surface area contributed by atoms with Crippen molar-refractivity contribution in [2.45, 2.75) is 11.3 Å². The predicted molar refractivity (Wildman–Crippen MR) is 108 cm³/mol. The highest BCUT2D eigenvalue weighted by atomic mass is 32.2. The maximum absolute atomic E-state index is 12.9. The molecule has 4 rings (SSSR count). The van der Waals surface area contributed by atoms with Crippen LogP contribution < -0.4 is 5.32 Å². The van der Waals surface area contributed by atoms with E-state index in [1.54, 1.807) is 5.38 Å². The fourth-order valence-electron chi connectivity index (χ4n) is 3.32. The summed E-state index contributed by atoms with van der Waals surface area (Å²) < 4.78 is 32.3. The number of H-pyrrole nitrogens is 1. The Balaban J connectivity index is 1.44. The molecule has 1 aromatic carbocycles. The summed E-state index contributed by atoms with van der Waals surface area (Å²) in [5.41, 5.74) is 2.17. The van der Waals surface area contributed by atoms with Crippen molar-refractivity contribution in [3.05, 3.63) is 52.3 Å². The summed E-state index contributed by atoms with van der Waals surface area (Å²) >= 11 is 1.14. The molecule has 9 heteroatoms. The number of aromatic amines is 1. The second-order valence-electron chi connectivity index (χ2n) is 6.50. The highest BCUT2D eigenvalue weighted by molar-refractivity contribution is 7.89. The van der Waals surface area contributed by atoms with Gasteiger partial charge in [-0.25, -0.2) is 8.42 Å². The quantitative estimate of drug-likeness (QED) is 0.641. The first-order chi connectivity index (χ1) is 13.6. The van der Waals surface area contributed by atoms with Gasteiger partial charge in [0, 0.05) is 36.7 Å². The van der Waals surface area contributed by atoms with Crippen LogP contribution in [0, 0.1) is 0 Å². The van der Waals surface area contributed by atoms with E-state index in [0.29, 0.717) is 39.3 Å². The zero-order chi connectivity index (χ0) is 19.6. The minimum Gasteiger partial charge on any atom is -0.379 e. The van der Waals surface area contributed by atoms with E-state index in [-0.39, 0.29) is 15.7 Å². The molecule has 7 nitrogen and oxygen atoms in total. The largest absolute Gasteiger partial charge is 0.379 e. The summed E-state index contributed by atoms with van der Waals surface area (Å²) in [6.07, 6.45) is 2.60. The first-order valence-corrected chi connectivity index (χ1v) is 11.4. The lowest BCUT2D eigenvalue weighted by molar-refractivity contribution is 0.0730. The summed E-state index contributed by atoms with van der Waals surface area (Å²) in [5.74, 6) is -0.360. The van der Waals surface area contributed by atoms with Crippen LogP contribution in [-0.2, 0) is 21.2 Å². The van der Waals surface area contributed by atoms with Gasteiger partial charge in [-0.15, -0.1) is 11.3 Å². The smallest absolute Gasteiger partial charge is 0.262 e. The number of nitrogens with one attached hydrogen (secondary N) is 2. The Hall–Kier alpha value is -2.20. The second-order valence-corrected chi connectivity index (χ2v) is 9.32. The Morgan fingerprint density at radius 3 is 2.82 bits per heavy atom. The number of morpholine rings is 1. The number of ether oxygens (including phenoxy) is 1. The van der Waals surface area contributed by atoms with E-state index < -0.39 is 10.0 Å². The molecule has 0 spiro atoms. The number of carbonyl (C=O) groups is 1. The van der Waals surface area contributed by atoms with Gasteiger partial charge < -0.3 is 15.0 Å². The molecule has 1 fully saturated rings. The minimum atomic E-state index is -3.69. The molecule has 0 radical (unpaired) electrons. The van der Waals surface area contributed by atoms with Crippen LogP contribution in [0.1, 0.15) is 15.2 Å². The Bertz CT molecular complexity index is 1080. The van der Waals surface area contributed by atoms with Crippen LogP contribution in [0.15, 0.2) is 46.8 Å². The van der Waals surface area contributed by atoms with Gasteiger partial charge in [-0.05, 0) is 29.5 Å². The molecule has 0 saturated carbocycles. The molecule has 1 saturated heterocycles. The standard InChI is InChI=1S/C19H21N3O4S2/c23-19(20-7-5-14-13-21-16-4-2-1-3-15(14)16)18-17(6-12-27-18)28(24,25)22-8-10-26-11-9-22/h1-4,6,12-13,21H,5,7-11H2,(H,20,23). The van der Waals surface area contributed by atoms with Gasteiger partial charge in [0.2, 0.25) is 10.0 Å². The van der Waals surface area contributed by atoms with Gasteiger partial charge in [0.15, 0.2) is 0 Å². The molecule has 3 heterocycles. The fourth-order valence-corrected chi connectivity index (χ4v) is 6.05. The van der Waals surface area contributed by atoms with E-state index in [4.69, 9.17) is 4.74 Å². The lowest BCUT2D eigenvalue weighted by Gasteiger charge is -2.26. The molecule has 0 aliphatic carbocycles. The van der Waals surface area contributed by atoms with E-state index in [1.165, 1.54) is 10.4 Å². The summed E-state index contributed by atoms with van der Waals surface area (Å²) in [7, 11) is -3.69. The van der Waals surface area contributed by atoms with E-state index >= 15 is 0 Å². The SMILES string of the molecule is O=C(NCCc1c[nH]c2ccccc12)c1sccc1S(=O)(=O)N1CCOCC1. The van der Waals surface area contributed by atoms with Crippen LogP contribution in [0.4, 0.5) is 0 Å². The molecule has 0 bridgehead atoms. The first-order valence-electron chi connectivity index (χ1n) is 9.06. The van der Waals surface area contributed by atoms with Crippen molar-refractivity contribution in [1.82, 2.24) is 14.6 Å². The zero-order valence-electron chi connectivity index (χ0n) is 15.2. The molecule has 2 N–H and O–H groups in total. The van der Waals surface area contributed by atoms with Crippen molar-refractivity contribution >= 4 is 38.2 Å². The number of hydrogen-bond acceptors (Lipinski definition) is 5. The van der Waals surface area contributed by atoms with Crippen molar-refractivity contribution in [2.75, 3.05) is 32.8 Å². The number of amides is 1. The average molecular weight is 420 g/mol. The predicted octanol–water partition coefficient (Wildman–Crippen LogP) is 2.22. The molecule has 2 aromatic heterocycles. The first kappa shape index (κ1) is 19.1. The molecule has 1 aliphatic rings. The molecule has 1 amide bonds. The number of thiophene rings is 1. The Morgan fingerprint density at radius 1 is 1.21 bits per heavy atom. The normalized spacial score (nSPS) is 15.7. The van der Waals surface area contributed by atoms with Gasteiger partial charge in [-0.3, -0.25) is 4.79 Å². The number of carbonyl (C=O) groups excluding carboxylic acids is 1. The summed E-state index contributed by atoms with van der Waals surface area (Å²) in [4.78, 5) is 16.1.